The predicted octanol–water partition coefficient (Wildman–Crippen LogP) is 2.02. The zero-order valence-corrected chi connectivity index (χ0v) is 10.5. The molecule has 92 valence electrons. The van der Waals surface area contributed by atoms with Gasteiger partial charge in [-0.15, -0.1) is 0 Å². The van der Waals surface area contributed by atoms with Gasteiger partial charge in [0.25, 0.3) is 5.91 Å². The van der Waals surface area contributed by atoms with Gasteiger partial charge in [0.05, 0.1) is 6.61 Å². The summed E-state index contributed by atoms with van der Waals surface area (Å²) in [7, 11) is 0. The summed E-state index contributed by atoms with van der Waals surface area (Å²) in [6.07, 6.45) is 0. The third-order valence-electron chi connectivity index (χ3n) is 2.09. The highest BCUT2D eigenvalue weighted by Gasteiger charge is 2.17. The highest BCUT2D eigenvalue weighted by atomic mass is 35.5. The van der Waals surface area contributed by atoms with Crippen molar-refractivity contribution >= 4 is 23.5 Å². The highest BCUT2D eigenvalue weighted by Crippen LogP contribution is 2.09. The molecule has 4 nitrogen and oxygen atoms in total. The van der Waals surface area contributed by atoms with Crippen LogP contribution in [0.15, 0.2) is 24.3 Å². The van der Waals surface area contributed by atoms with Crippen LogP contribution in [0.1, 0.15) is 24.2 Å². The van der Waals surface area contributed by atoms with Gasteiger partial charge in [0.1, 0.15) is 6.04 Å². The molecule has 0 aliphatic heterocycles. The van der Waals surface area contributed by atoms with Gasteiger partial charge in [0.2, 0.25) is 0 Å². The lowest BCUT2D eigenvalue weighted by molar-refractivity contribution is -0.144. The van der Waals surface area contributed by atoms with E-state index in [1.165, 1.54) is 0 Å². The summed E-state index contributed by atoms with van der Waals surface area (Å²) in [5.41, 5.74) is 0.450. The quantitative estimate of drug-likeness (QED) is 0.838. The van der Waals surface area contributed by atoms with Gasteiger partial charge in [0, 0.05) is 10.6 Å². The van der Waals surface area contributed by atoms with Crippen LogP contribution in [-0.4, -0.2) is 24.5 Å². The number of rotatable bonds is 4. The maximum Gasteiger partial charge on any atom is 0.328 e. The average molecular weight is 256 g/mol. The van der Waals surface area contributed by atoms with Gasteiger partial charge in [-0.2, -0.15) is 0 Å². The SMILES string of the molecule is CCOC(=O)[C@@H](C)NC(=O)c1ccc(Cl)cc1. The van der Waals surface area contributed by atoms with Crippen molar-refractivity contribution in [3.8, 4) is 0 Å². The number of hydrogen-bond acceptors (Lipinski definition) is 3. The zero-order valence-electron chi connectivity index (χ0n) is 9.70. The minimum Gasteiger partial charge on any atom is -0.464 e. The third-order valence-corrected chi connectivity index (χ3v) is 2.35. The van der Waals surface area contributed by atoms with Crippen LogP contribution in [0.25, 0.3) is 0 Å². The van der Waals surface area contributed by atoms with E-state index < -0.39 is 12.0 Å². The average Bonchev–Trinajstić information content (AvgIpc) is 2.30. The van der Waals surface area contributed by atoms with Crippen molar-refractivity contribution in [3.63, 3.8) is 0 Å². The normalized spacial score (nSPS) is 11.7. The van der Waals surface area contributed by atoms with Crippen LogP contribution >= 0.6 is 11.6 Å². The number of halogens is 1. The van der Waals surface area contributed by atoms with Gasteiger partial charge in [-0.1, -0.05) is 11.6 Å². The van der Waals surface area contributed by atoms with Crippen molar-refractivity contribution in [2.45, 2.75) is 19.9 Å². The Hall–Kier alpha value is -1.55. The molecule has 1 N–H and O–H groups in total. The molecule has 0 aromatic heterocycles. The second-order valence-corrected chi connectivity index (χ2v) is 3.89. The molecule has 0 bridgehead atoms. The number of nitrogens with one attached hydrogen (secondary N) is 1. The number of carbonyl (C=O) groups excluding carboxylic acids is 2. The number of amides is 1. The summed E-state index contributed by atoms with van der Waals surface area (Å²) in [6.45, 7) is 3.58. The van der Waals surface area contributed by atoms with Gasteiger partial charge in [0.15, 0.2) is 0 Å². The minimum atomic E-state index is -0.668. The summed E-state index contributed by atoms with van der Waals surface area (Å²) in [5, 5.41) is 3.10. The van der Waals surface area contributed by atoms with E-state index >= 15 is 0 Å². The van der Waals surface area contributed by atoms with Crippen LogP contribution in [0, 0.1) is 0 Å². The smallest absolute Gasteiger partial charge is 0.328 e. The Kier molecular flexibility index (Phi) is 4.97. The molecule has 0 saturated carbocycles. The fourth-order valence-electron chi connectivity index (χ4n) is 1.21. The Morgan fingerprint density at radius 2 is 1.94 bits per heavy atom. The first kappa shape index (κ1) is 13.5. The van der Waals surface area contributed by atoms with E-state index in [0.29, 0.717) is 17.2 Å². The molecule has 1 aromatic carbocycles. The van der Waals surface area contributed by atoms with Crippen LogP contribution < -0.4 is 5.32 Å². The molecule has 1 aromatic rings. The van der Waals surface area contributed by atoms with Gasteiger partial charge in [-0.25, -0.2) is 4.79 Å². The van der Waals surface area contributed by atoms with E-state index in [1.54, 1.807) is 38.1 Å². The lowest BCUT2D eigenvalue weighted by Crippen LogP contribution is -2.39. The number of carbonyl (C=O) groups is 2. The van der Waals surface area contributed by atoms with Crippen molar-refractivity contribution in [2.75, 3.05) is 6.61 Å². The molecular formula is C12H14ClNO3. The Bertz CT molecular complexity index is 403. The van der Waals surface area contributed by atoms with Gasteiger partial charge < -0.3 is 10.1 Å². The van der Waals surface area contributed by atoms with E-state index in [9.17, 15) is 9.59 Å². The Balaban J connectivity index is 2.60. The molecule has 0 heterocycles. The van der Waals surface area contributed by atoms with Gasteiger partial charge in [-0.3, -0.25) is 4.79 Å². The predicted molar refractivity (Wildman–Crippen MR) is 65.0 cm³/mol. The van der Waals surface area contributed by atoms with Crippen LogP contribution in [0.4, 0.5) is 0 Å². The topological polar surface area (TPSA) is 55.4 Å². The van der Waals surface area contributed by atoms with Crippen LogP contribution in [0.3, 0.4) is 0 Å². The van der Waals surface area contributed by atoms with Crippen molar-refractivity contribution in [1.82, 2.24) is 5.32 Å². The molecule has 0 aliphatic carbocycles. The van der Waals surface area contributed by atoms with E-state index in [2.05, 4.69) is 5.32 Å². The van der Waals surface area contributed by atoms with Crippen molar-refractivity contribution < 1.29 is 14.3 Å². The van der Waals surface area contributed by atoms with Crippen LogP contribution in [0.2, 0.25) is 5.02 Å². The number of esters is 1. The zero-order chi connectivity index (χ0) is 12.8. The molecule has 0 unspecified atom stereocenters. The Morgan fingerprint density at radius 1 is 1.35 bits per heavy atom. The van der Waals surface area contributed by atoms with Crippen LogP contribution in [0.5, 0.6) is 0 Å². The summed E-state index contributed by atoms with van der Waals surface area (Å²) < 4.78 is 4.78. The fraction of sp³-hybridized carbons (Fsp3) is 0.333. The lowest BCUT2D eigenvalue weighted by atomic mass is 10.2. The third kappa shape index (κ3) is 4.07. The molecule has 0 radical (unpaired) electrons. The number of ether oxygens (including phenoxy) is 1. The lowest BCUT2D eigenvalue weighted by Gasteiger charge is -2.12. The summed E-state index contributed by atoms with van der Waals surface area (Å²) >= 11 is 5.71. The summed E-state index contributed by atoms with van der Waals surface area (Å²) in [5.74, 6) is -0.781. The van der Waals surface area contributed by atoms with E-state index in [0.717, 1.165) is 0 Å². The second-order valence-electron chi connectivity index (χ2n) is 3.45. The number of benzene rings is 1. The first-order valence-corrected chi connectivity index (χ1v) is 5.65. The summed E-state index contributed by atoms with van der Waals surface area (Å²) in [4.78, 5) is 23.0. The van der Waals surface area contributed by atoms with Crippen molar-refractivity contribution in [2.24, 2.45) is 0 Å². The number of hydrogen-bond donors (Lipinski definition) is 1. The van der Waals surface area contributed by atoms with E-state index in [4.69, 9.17) is 16.3 Å². The monoisotopic (exact) mass is 255 g/mol. The van der Waals surface area contributed by atoms with E-state index in [1.807, 2.05) is 0 Å². The van der Waals surface area contributed by atoms with E-state index in [-0.39, 0.29) is 5.91 Å². The maximum absolute atomic E-state index is 11.7. The maximum atomic E-state index is 11.7. The molecule has 17 heavy (non-hydrogen) atoms. The first-order valence-electron chi connectivity index (χ1n) is 5.27. The first-order chi connectivity index (χ1) is 8.04. The molecule has 1 amide bonds. The minimum absolute atomic E-state index is 0.292. The van der Waals surface area contributed by atoms with Gasteiger partial charge >= 0.3 is 5.97 Å². The standard InChI is InChI=1S/C12H14ClNO3/c1-3-17-12(16)8(2)14-11(15)9-4-6-10(13)7-5-9/h4-8H,3H2,1-2H3,(H,14,15)/t8-/m1/s1. The molecule has 0 fully saturated rings. The Labute approximate surface area is 105 Å². The van der Waals surface area contributed by atoms with Crippen molar-refractivity contribution in [1.29, 1.82) is 0 Å². The fourth-order valence-corrected chi connectivity index (χ4v) is 1.33. The van der Waals surface area contributed by atoms with Crippen molar-refractivity contribution in [3.05, 3.63) is 34.9 Å². The molecule has 1 atom stereocenters. The van der Waals surface area contributed by atoms with Crippen LogP contribution in [-0.2, 0) is 9.53 Å². The Morgan fingerprint density at radius 3 is 2.47 bits per heavy atom. The molecular weight excluding hydrogens is 242 g/mol. The highest BCUT2D eigenvalue weighted by molar-refractivity contribution is 6.30. The molecule has 0 spiro atoms. The van der Waals surface area contributed by atoms with Gasteiger partial charge in [-0.05, 0) is 38.1 Å². The molecule has 5 heteroatoms. The largest absolute Gasteiger partial charge is 0.464 e. The summed E-state index contributed by atoms with van der Waals surface area (Å²) in [6, 6.07) is 5.75. The molecule has 0 saturated heterocycles. The second kappa shape index (κ2) is 6.25. The molecule has 0 aliphatic rings. The molecule has 1 rings (SSSR count).